The summed E-state index contributed by atoms with van der Waals surface area (Å²) in [5.74, 6) is 0.509. The summed E-state index contributed by atoms with van der Waals surface area (Å²) in [6.07, 6.45) is 1.24. The predicted molar refractivity (Wildman–Crippen MR) is 63.4 cm³/mol. The summed E-state index contributed by atoms with van der Waals surface area (Å²) in [6, 6.07) is 2.68. The van der Waals surface area contributed by atoms with E-state index < -0.39 is 10.0 Å². The molecule has 0 bridgehead atoms. The van der Waals surface area contributed by atoms with Crippen molar-refractivity contribution in [3.05, 3.63) is 23.1 Å². The second kappa shape index (κ2) is 5.07. The van der Waals surface area contributed by atoms with Crippen LogP contribution in [0.2, 0.25) is 0 Å². The lowest BCUT2D eigenvalue weighted by molar-refractivity contribution is 0.383. The van der Waals surface area contributed by atoms with Crippen LogP contribution in [0.1, 0.15) is 5.56 Å². The Morgan fingerprint density at radius 2 is 1.71 bits per heavy atom. The van der Waals surface area contributed by atoms with E-state index in [-0.39, 0.29) is 17.2 Å². The number of aromatic hydroxyl groups is 1. The van der Waals surface area contributed by atoms with Gasteiger partial charge in [0.15, 0.2) is 0 Å². The lowest BCUT2D eigenvalue weighted by Crippen LogP contribution is -2.06. The van der Waals surface area contributed by atoms with Crippen molar-refractivity contribution >= 4 is 16.1 Å². The van der Waals surface area contributed by atoms with Crippen LogP contribution >= 0.6 is 0 Å². The maximum absolute atomic E-state index is 10.8. The Hall–Kier alpha value is -1.73. The van der Waals surface area contributed by atoms with Gasteiger partial charge in [0.1, 0.15) is 17.2 Å². The molecule has 0 aliphatic carbocycles. The van der Waals surface area contributed by atoms with Gasteiger partial charge in [-0.2, -0.15) is 0 Å². The van der Waals surface area contributed by atoms with Crippen molar-refractivity contribution in [2.45, 2.75) is 0 Å². The standard InChI is InChI=1S/C10H13NO5S/c1-15-9-5-7(12)6-10(16-2)8(9)3-4-17(11,13)14/h3-6,12H,1-2H3,(H2,11,13,14). The molecule has 0 radical (unpaired) electrons. The molecule has 7 heteroatoms. The molecule has 0 aliphatic rings. The third kappa shape index (κ3) is 3.65. The summed E-state index contributed by atoms with van der Waals surface area (Å²) < 4.78 is 31.7. The maximum atomic E-state index is 10.8. The van der Waals surface area contributed by atoms with E-state index in [4.69, 9.17) is 14.6 Å². The molecule has 0 spiro atoms. The predicted octanol–water partition coefficient (Wildman–Crippen LogP) is 0.669. The van der Waals surface area contributed by atoms with Crippen molar-refractivity contribution in [1.29, 1.82) is 0 Å². The van der Waals surface area contributed by atoms with Gasteiger partial charge in [-0.25, -0.2) is 13.6 Å². The number of benzene rings is 1. The van der Waals surface area contributed by atoms with Crippen molar-refractivity contribution in [3.63, 3.8) is 0 Å². The molecule has 0 heterocycles. The van der Waals surface area contributed by atoms with E-state index in [1.54, 1.807) is 0 Å². The van der Waals surface area contributed by atoms with E-state index in [1.165, 1.54) is 32.4 Å². The highest BCUT2D eigenvalue weighted by Crippen LogP contribution is 2.34. The van der Waals surface area contributed by atoms with E-state index in [9.17, 15) is 13.5 Å². The molecule has 0 aliphatic heterocycles. The van der Waals surface area contributed by atoms with Crippen molar-refractivity contribution < 1.29 is 23.0 Å². The summed E-state index contributed by atoms with van der Waals surface area (Å²) in [6.45, 7) is 0. The number of hydrogen-bond donors (Lipinski definition) is 2. The van der Waals surface area contributed by atoms with Crippen molar-refractivity contribution in [3.8, 4) is 17.2 Å². The number of ether oxygens (including phenoxy) is 2. The molecule has 0 unspecified atom stereocenters. The average molecular weight is 259 g/mol. The Morgan fingerprint density at radius 3 is 2.06 bits per heavy atom. The second-order valence-electron chi connectivity index (χ2n) is 3.16. The highest BCUT2D eigenvalue weighted by Gasteiger charge is 2.10. The normalized spacial score (nSPS) is 11.7. The van der Waals surface area contributed by atoms with Gasteiger partial charge in [0, 0.05) is 17.5 Å². The molecule has 0 atom stereocenters. The smallest absolute Gasteiger partial charge is 0.231 e. The molecule has 1 aromatic rings. The lowest BCUT2D eigenvalue weighted by atomic mass is 10.1. The van der Waals surface area contributed by atoms with Gasteiger partial charge in [-0.1, -0.05) is 0 Å². The Balaban J connectivity index is 3.34. The van der Waals surface area contributed by atoms with Gasteiger partial charge in [-0.3, -0.25) is 0 Å². The molecule has 1 aromatic carbocycles. The molecule has 1 rings (SSSR count). The second-order valence-corrected chi connectivity index (χ2v) is 4.61. The molecule has 0 saturated heterocycles. The molecule has 0 aromatic heterocycles. The summed E-state index contributed by atoms with van der Waals surface area (Å²) in [7, 11) is -0.954. The van der Waals surface area contributed by atoms with Crippen molar-refractivity contribution in [2.24, 2.45) is 5.14 Å². The minimum absolute atomic E-state index is 0.0496. The van der Waals surface area contributed by atoms with Crippen LogP contribution < -0.4 is 14.6 Å². The minimum Gasteiger partial charge on any atom is -0.508 e. The third-order valence-electron chi connectivity index (χ3n) is 1.95. The third-order valence-corrected chi connectivity index (χ3v) is 2.47. The fourth-order valence-electron chi connectivity index (χ4n) is 1.25. The molecule has 0 amide bonds. The zero-order valence-electron chi connectivity index (χ0n) is 9.38. The van der Waals surface area contributed by atoms with Crippen LogP contribution in [0, 0.1) is 0 Å². The van der Waals surface area contributed by atoms with E-state index in [2.05, 4.69) is 0 Å². The van der Waals surface area contributed by atoms with E-state index >= 15 is 0 Å². The number of hydrogen-bond acceptors (Lipinski definition) is 5. The Morgan fingerprint density at radius 1 is 1.24 bits per heavy atom. The van der Waals surface area contributed by atoms with Crippen molar-refractivity contribution in [2.75, 3.05) is 14.2 Å². The van der Waals surface area contributed by atoms with E-state index in [0.717, 1.165) is 5.41 Å². The maximum Gasteiger partial charge on any atom is 0.231 e. The van der Waals surface area contributed by atoms with Gasteiger partial charge in [-0.05, 0) is 6.08 Å². The first-order valence-corrected chi connectivity index (χ1v) is 6.14. The van der Waals surface area contributed by atoms with Gasteiger partial charge in [-0.15, -0.1) is 0 Å². The van der Waals surface area contributed by atoms with Crippen LogP contribution in [-0.2, 0) is 10.0 Å². The number of rotatable bonds is 4. The Kier molecular flexibility index (Phi) is 3.97. The van der Waals surface area contributed by atoms with Gasteiger partial charge in [0.25, 0.3) is 0 Å². The molecule has 6 nitrogen and oxygen atoms in total. The summed E-state index contributed by atoms with van der Waals surface area (Å²) >= 11 is 0. The highest BCUT2D eigenvalue weighted by molar-refractivity contribution is 7.92. The van der Waals surface area contributed by atoms with Crippen LogP contribution in [0.3, 0.4) is 0 Å². The number of methoxy groups -OCH3 is 2. The molecule has 3 N–H and O–H groups in total. The zero-order chi connectivity index (χ0) is 13.1. The SMILES string of the molecule is COc1cc(O)cc(OC)c1C=CS(N)(=O)=O. The van der Waals surface area contributed by atoms with Crippen molar-refractivity contribution in [1.82, 2.24) is 0 Å². The molecule has 0 fully saturated rings. The Labute approximate surface area is 99.3 Å². The van der Waals surface area contributed by atoms with E-state index in [0.29, 0.717) is 5.56 Å². The first-order chi connectivity index (χ1) is 7.87. The summed E-state index contributed by atoms with van der Waals surface area (Å²) in [5.41, 5.74) is 0.377. The molecule has 94 valence electrons. The lowest BCUT2D eigenvalue weighted by Gasteiger charge is -2.10. The summed E-state index contributed by atoms with van der Waals surface area (Å²) in [5, 5.41) is 15.1. The fraction of sp³-hybridized carbons (Fsp3) is 0.200. The molecule has 17 heavy (non-hydrogen) atoms. The highest BCUT2D eigenvalue weighted by atomic mass is 32.2. The van der Waals surface area contributed by atoms with E-state index in [1.807, 2.05) is 0 Å². The number of phenols is 1. The number of phenolic OH excluding ortho intramolecular Hbond substituents is 1. The quantitative estimate of drug-likeness (QED) is 0.828. The number of primary sulfonamides is 1. The number of sulfonamides is 1. The van der Waals surface area contributed by atoms with Crippen LogP contribution in [0.25, 0.3) is 6.08 Å². The van der Waals surface area contributed by atoms with Crippen LogP contribution in [0.5, 0.6) is 17.2 Å². The minimum atomic E-state index is -3.74. The monoisotopic (exact) mass is 259 g/mol. The number of nitrogens with two attached hydrogens (primary N) is 1. The van der Waals surface area contributed by atoms with Gasteiger partial charge in [0.2, 0.25) is 10.0 Å². The zero-order valence-corrected chi connectivity index (χ0v) is 10.2. The van der Waals surface area contributed by atoms with Crippen LogP contribution in [-0.4, -0.2) is 27.7 Å². The van der Waals surface area contributed by atoms with Gasteiger partial charge < -0.3 is 14.6 Å². The molecular weight excluding hydrogens is 246 g/mol. The molecule has 0 saturated carbocycles. The van der Waals surface area contributed by atoms with Gasteiger partial charge >= 0.3 is 0 Å². The van der Waals surface area contributed by atoms with Gasteiger partial charge in [0.05, 0.1) is 19.8 Å². The first kappa shape index (κ1) is 13.3. The largest absolute Gasteiger partial charge is 0.508 e. The summed E-state index contributed by atoms with van der Waals surface area (Å²) in [4.78, 5) is 0. The van der Waals surface area contributed by atoms with Crippen LogP contribution in [0.15, 0.2) is 17.5 Å². The first-order valence-electron chi connectivity index (χ1n) is 4.53. The Bertz CT molecular complexity index is 511. The average Bonchev–Trinajstić information content (AvgIpc) is 2.24. The molecular formula is C10H13NO5S. The topological polar surface area (TPSA) is 98.8 Å². The van der Waals surface area contributed by atoms with Crippen LogP contribution in [0.4, 0.5) is 0 Å². The fourth-order valence-corrected chi connectivity index (χ4v) is 1.58.